The zero-order chi connectivity index (χ0) is 22.0. The van der Waals surface area contributed by atoms with Crippen molar-refractivity contribution in [1.29, 1.82) is 0 Å². The molecule has 31 heavy (non-hydrogen) atoms. The molecule has 164 valence electrons. The minimum absolute atomic E-state index is 0.0337. The van der Waals surface area contributed by atoms with E-state index >= 15 is 0 Å². The monoisotopic (exact) mass is 429 g/mol. The number of nitrogens with zero attached hydrogens (tertiary/aromatic N) is 2. The Kier molecular flexibility index (Phi) is 6.00. The van der Waals surface area contributed by atoms with Crippen LogP contribution in [-0.2, 0) is 16.1 Å². The summed E-state index contributed by atoms with van der Waals surface area (Å²) >= 11 is 0. The molecule has 6 nitrogen and oxygen atoms in total. The second kappa shape index (κ2) is 8.70. The zero-order valence-corrected chi connectivity index (χ0v) is 17.3. The van der Waals surface area contributed by atoms with Crippen LogP contribution in [0.25, 0.3) is 0 Å². The van der Waals surface area contributed by atoms with Gasteiger partial charge in [0.15, 0.2) is 0 Å². The van der Waals surface area contributed by atoms with Gasteiger partial charge >= 0.3 is 0 Å². The first-order valence-electron chi connectivity index (χ1n) is 10.5. The number of amides is 2. The fourth-order valence-corrected chi connectivity index (χ4v) is 4.39. The molecular formula is C23H25F2N3O3. The van der Waals surface area contributed by atoms with Crippen molar-refractivity contribution in [1.82, 2.24) is 15.2 Å². The van der Waals surface area contributed by atoms with Crippen LogP contribution < -0.4 is 5.32 Å². The van der Waals surface area contributed by atoms with Gasteiger partial charge in [0.25, 0.3) is 5.91 Å². The van der Waals surface area contributed by atoms with Crippen LogP contribution >= 0.6 is 0 Å². The molecule has 1 unspecified atom stereocenters. The van der Waals surface area contributed by atoms with Gasteiger partial charge in [-0.2, -0.15) is 0 Å². The number of halogens is 2. The predicted molar refractivity (Wildman–Crippen MR) is 109 cm³/mol. The van der Waals surface area contributed by atoms with Gasteiger partial charge in [0.05, 0.1) is 18.8 Å². The number of aromatic nitrogens is 1. The highest BCUT2D eigenvalue weighted by atomic mass is 19.1. The Morgan fingerprint density at radius 1 is 1.19 bits per heavy atom. The van der Waals surface area contributed by atoms with Gasteiger partial charge in [-0.1, -0.05) is 13.0 Å². The van der Waals surface area contributed by atoms with Crippen molar-refractivity contribution >= 4 is 11.8 Å². The van der Waals surface area contributed by atoms with E-state index in [-0.39, 0.29) is 24.6 Å². The van der Waals surface area contributed by atoms with E-state index in [1.54, 1.807) is 18.3 Å². The van der Waals surface area contributed by atoms with Gasteiger partial charge in [0.1, 0.15) is 23.4 Å². The first-order valence-corrected chi connectivity index (χ1v) is 10.5. The summed E-state index contributed by atoms with van der Waals surface area (Å²) in [5.74, 6) is -2.19. The van der Waals surface area contributed by atoms with Gasteiger partial charge in [-0.05, 0) is 55.9 Å². The van der Waals surface area contributed by atoms with Gasteiger partial charge < -0.3 is 10.1 Å². The molecule has 1 saturated carbocycles. The van der Waals surface area contributed by atoms with Crippen molar-refractivity contribution in [2.75, 3.05) is 6.61 Å². The highest BCUT2D eigenvalue weighted by Gasteiger charge is 2.53. The van der Waals surface area contributed by atoms with Crippen molar-refractivity contribution in [3.05, 3.63) is 65.5 Å². The third-order valence-corrected chi connectivity index (χ3v) is 6.12. The van der Waals surface area contributed by atoms with E-state index in [0.717, 1.165) is 25.0 Å². The van der Waals surface area contributed by atoms with E-state index in [1.165, 1.54) is 4.90 Å². The summed E-state index contributed by atoms with van der Waals surface area (Å²) in [6, 6.07) is 7.19. The maximum Gasteiger partial charge on any atom is 0.257 e. The summed E-state index contributed by atoms with van der Waals surface area (Å²) in [7, 11) is 0. The Labute approximate surface area is 179 Å². The van der Waals surface area contributed by atoms with E-state index in [2.05, 4.69) is 17.2 Å². The highest BCUT2D eigenvalue weighted by molar-refractivity contribution is 5.98. The van der Waals surface area contributed by atoms with Crippen LogP contribution in [0, 0.1) is 17.6 Å². The maximum atomic E-state index is 13.8. The molecule has 4 rings (SSSR count). The van der Waals surface area contributed by atoms with Gasteiger partial charge in [-0.15, -0.1) is 0 Å². The number of rotatable bonds is 4. The smallest absolute Gasteiger partial charge is 0.257 e. The summed E-state index contributed by atoms with van der Waals surface area (Å²) in [5.41, 5.74) is -0.399. The van der Waals surface area contributed by atoms with Crippen LogP contribution in [0.3, 0.4) is 0 Å². The molecule has 1 N–H and O–H groups in total. The Bertz CT molecular complexity index is 942. The second-order valence-corrected chi connectivity index (χ2v) is 8.33. The molecular weight excluding hydrogens is 404 g/mol. The largest absolute Gasteiger partial charge is 0.353 e. The lowest BCUT2D eigenvalue weighted by atomic mass is 9.83. The summed E-state index contributed by atoms with van der Waals surface area (Å²) in [6.45, 7) is 2.37. The molecule has 0 bridgehead atoms. The van der Waals surface area contributed by atoms with Crippen LogP contribution in [0.2, 0.25) is 0 Å². The van der Waals surface area contributed by atoms with Gasteiger partial charge in [-0.3, -0.25) is 19.5 Å². The lowest BCUT2D eigenvalue weighted by Crippen LogP contribution is -2.56. The molecule has 1 aliphatic heterocycles. The zero-order valence-electron chi connectivity index (χ0n) is 17.3. The summed E-state index contributed by atoms with van der Waals surface area (Å²) < 4.78 is 33.7. The minimum Gasteiger partial charge on any atom is -0.353 e. The molecule has 1 atom stereocenters. The number of benzene rings is 1. The number of pyridine rings is 1. The van der Waals surface area contributed by atoms with Crippen LogP contribution in [0.1, 0.15) is 48.7 Å². The number of carbonyl (C=O) groups is 2. The van der Waals surface area contributed by atoms with E-state index < -0.39 is 29.3 Å². The summed E-state index contributed by atoms with van der Waals surface area (Å²) in [4.78, 5) is 32.0. The van der Waals surface area contributed by atoms with Gasteiger partial charge in [0.2, 0.25) is 5.91 Å². The molecule has 2 aromatic rings. The average Bonchev–Trinajstić information content (AvgIpc) is 3.12. The SMILES string of the molecule is CC1CCC2(CC1)OCC(C(=O)NCc1ccccn1)N2C(=O)c1cc(F)cc(F)c1. The predicted octanol–water partition coefficient (Wildman–Crippen LogP) is 3.42. The van der Waals surface area contributed by atoms with Crippen molar-refractivity contribution < 1.29 is 23.1 Å². The molecule has 1 saturated heterocycles. The Balaban J connectivity index is 1.60. The molecule has 1 aliphatic carbocycles. The van der Waals surface area contributed by atoms with Crippen LogP contribution in [-0.4, -0.2) is 40.1 Å². The average molecular weight is 429 g/mol. The number of hydrogen-bond donors (Lipinski definition) is 1. The molecule has 1 aromatic heterocycles. The third-order valence-electron chi connectivity index (χ3n) is 6.12. The molecule has 2 fully saturated rings. The Hall–Kier alpha value is -2.87. The van der Waals surface area contributed by atoms with E-state index in [0.29, 0.717) is 30.5 Å². The molecule has 0 radical (unpaired) electrons. The third kappa shape index (κ3) is 4.44. The molecule has 2 amide bonds. The lowest BCUT2D eigenvalue weighted by molar-refractivity contribution is -0.128. The first-order chi connectivity index (χ1) is 14.9. The lowest BCUT2D eigenvalue weighted by Gasteiger charge is -2.43. The topological polar surface area (TPSA) is 71.5 Å². The summed E-state index contributed by atoms with van der Waals surface area (Å²) in [6.07, 6.45) is 4.45. The van der Waals surface area contributed by atoms with Crippen LogP contribution in [0.5, 0.6) is 0 Å². The molecule has 2 heterocycles. The number of hydrogen-bond acceptors (Lipinski definition) is 4. The molecule has 8 heteroatoms. The molecule has 1 spiro atoms. The van der Waals surface area contributed by atoms with E-state index in [1.807, 2.05) is 6.07 Å². The fourth-order valence-electron chi connectivity index (χ4n) is 4.39. The Morgan fingerprint density at radius 2 is 1.90 bits per heavy atom. The van der Waals surface area contributed by atoms with Crippen molar-refractivity contribution in [3.8, 4) is 0 Å². The van der Waals surface area contributed by atoms with Crippen molar-refractivity contribution in [2.24, 2.45) is 5.92 Å². The highest BCUT2D eigenvalue weighted by Crippen LogP contribution is 2.43. The van der Waals surface area contributed by atoms with Gasteiger partial charge in [0, 0.05) is 17.8 Å². The van der Waals surface area contributed by atoms with E-state index in [4.69, 9.17) is 4.74 Å². The number of carbonyl (C=O) groups excluding carboxylic acids is 2. The normalized spacial score (nSPS) is 25.6. The fraction of sp³-hybridized carbons (Fsp3) is 0.435. The van der Waals surface area contributed by atoms with Gasteiger partial charge in [-0.25, -0.2) is 8.78 Å². The maximum absolute atomic E-state index is 13.8. The second-order valence-electron chi connectivity index (χ2n) is 8.33. The van der Waals surface area contributed by atoms with E-state index in [9.17, 15) is 18.4 Å². The van der Waals surface area contributed by atoms with Crippen LogP contribution in [0.15, 0.2) is 42.6 Å². The Morgan fingerprint density at radius 3 is 2.55 bits per heavy atom. The van der Waals surface area contributed by atoms with Crippen molar-refractivity contribution in [3.63, 3.8) is 0 Å². The minimum atomic E-state index is -0.945. The number of nitrogens with one attached hydrogen (secondary N) is 1. The quantitative estimate of drug-likeness (QED) is 0.809. The molecule has 2 aliphatic rings. The van der Waals surface area contributed by atoms with Crippen molar-refractivity contribution in [2.45, 2.75) is 50.9 Å². The first kappa shape index (κ1) is 21.4. The standard InChI is InChI=1S/C23H25F2N3O3/c1-15-5-7-23(8-6-15)28(22(30)16-10-17(24)12-18(25)11-16)20(14-31-23)21(29)27-13-19-4-2-3-9-26-19/h2-4,9-12,15,20H,5-8,13-14H2,1H3,(H,27,29). The number of ether oxygens (including phenoxy) is 1. The molecule has 1 aromatic carbocycles. The summed E-state index contributed by atoms with van der Waals surface area (Å²) in [5, 5.41) is 2.81. The van der Waals surface area contributed by atoms with Crippen LogP contribution in [0.4, 0.5) is 8.78 Å².